The van der Waals surface area contributed by atoms with E-state index in [0.29, 0.717) is 23.0 Å². The quantitative estimate of drug-likeness (QED) is 0.657. The van der Waals surface area contributed by atoms with E-state index < -0.39 is 0 Å². The Labute approximate surface area is 116 Å². The Morgan fingerprint density at radius 1 is 1.10 bits per heavy atom. The Morgan fingerprint density at radius 3 is 2.55 bits per heavy atom. The van der Waals surface area contributed by atoms with Gasteiger partial charge >= 0.3 is 0 Å². The van der Waals surface area contributed by atoms with E-state index in [2.05, 4.69) is 0 Å². The molecule has 3 heteroatoms. The Kier molecular flexibility index (Phi) is 3.11. The van der Waals surface area contributed by atoms with Crippen molar-refractivity contribution in [1.29, 1.82) is 0 Å². The molecule has 0 fully saturated rings. The highest BCUT2D eigenvalue weighted by Gasteiger charge is 2.14. The smallest absolute Gasteiger partial charge is 0.161 e. The second-order valence-electron chi connectivity index (χ2n) is 4.85. The number of fused-ring (bicyclic) bond motifs is 1. The fourth-order valence-electron chi connectivity index (χ4n) is 2.50. The van der Waals surface area contributed by atoms with Crippen LogP contribution in [0, 0.1) is 5.82 Å². The predicted molar refractivity (Wildman–Crippen MR) is 77.4 cm³/mol. The lowest BCUT2D eigenvalue weighted by Crippen LogP contribution is -1.99. The number of benzene rings is 2. The van der Waals surface area contributed by atoms with Gasteiger partial charge in [0.15, 0.2) is 5.78 Å². The summed E-state index contributed by atoms with van der Waals surface area (Å²) in [6, 6.07) is 14.7. The first-order valence-electron chi connectivity index (χ1n) is 6.49. The van der Waals surface area contributed by atoms with Crippen LogP contribution in [0.4, 0.5) is 4.39 Å². The number of carbonyl (C=O) groups excluding carboxylic acids is 1. The highest BCUT2D eigenvalue weighted by Crippen LogP contribution is 2.25. The Balaban J connectivity index is 2.18. The van der Waals surface area contributed by atoms with Crippen LogP contribution in [-0.2, 0) is 6.54 Å². The molecule has 0 radical (unpaired) electrons. The zero-order valence-corrected chi connectivity index (χ0v) is 11.1. The first-order valence-corrected chi connectivity index (χ1v) is 6.49. The summed E-state index contributed by atoms with van der Waals surface area (Å²) in [6.07, 6.45) is 1.74. The highest BCUT2D eigenvalue weighted by atomic mass is 19.1. The first-order chi connectivity index (χ1) is 9.66. The van der Waals surface area contributed by atoms with Crippen LogP contribution in [0.2, 0.25) is 0 Å². The fraction of sp³-hybridized carbons (Fsp3) is 0.118. The molecule has 0 amide bonds. The first kappa shape index (κ1) is 12.6. The van der Waals surface area contributed by atoms with Crippen molar-refractivity contribution in [3.8, 4) is 0 Å². The fourth-order valence-corrected chi connectivity index (χ4v) is 2.50. The summed E-state index contributed by atoms with van der Waals surface area (Å²) in [5.41, 5.74) is 2.12. The van der Waals surface area contributed by atoms with Crippen LogP contribution in [0.15, 0.2) is 54.7 Å². The molecule has 0 aliphatic rings. The van der Waals surface area contributed by atoms with Gasteiger partial charge < -0.3 is 4.57 Å². The predicted octanol–water partition coefficient (Wildman–Crippen LogP) is 4.03. The second kappa shape index (κ2) is 4.93. The summed E-state index contributed by atoms with van der Waals surface area (Å²) in [4.78, 5) is 11.7. The minimum atomic E-state index is -0.300. The molecule has 0 bridgehead atoms. The number of rotatable bonds is 3. The van der Waals surface area contributed by atoms with E-state index in [1.807, 2.05) is 30.3 Å². The van der Waals surface area contributed by atoms with Gasteiger partial charge in [0.25, 0.3) is 0 Å². The van der Waals surface area contributed by atoms with Crippen LogP contribution < -0.4 is 0 Å². The molecular formula is C17H14FNO. The number of hydrogen-bond acceptors (Lipinski definition) is 1. The third-order valence-corrected chi connectivity index (χ3v) is 3.42. The molecule has 20 heavy (non-hydrogen) atoms. The number of halogens is 1. The van der Waals surface area contributed by atoms with Gasteiger partial charge in [-0.05, 0) is 18.6 Å². The largest absolute Gasteiger partial charge is 0.340 e. The van der Waals surface area contributed by atoms with Crippen molar-refractivity contribution in [2.45, 2.75) is 13.5 Å². The number of para-hydroxylation sites is 1. The van der Waals surface area contributed by atoms with Gasteiger partial charge in [0.1, 0.15) is 5.82 Å². The van der Waals surface area contributed by atoms with Gasteiger partial charge in [-0.25, -0.2) is 4.39 Å². The number of hydrogen-bond donors (Lipinski definition) is 0. The van der Waals surface area contributed by atoms with Gasteiger partial charge in [-0.1, -0.05) is 42.5 Å². The minimum absolute atomic E-state index is 0.0487. The minimum Gasteiger partial charge on any atom is -0.340 e. The molecule has 0 saturated carbocycles. The van der Waals surface area contributed by atoms with E-state index >= 15 is 0 Å². The van der Waals surface area contributed by atoms with Crippen molar-refractivity contribution >= 4 is 16.7 Å². The number of Topliss-reactive ketones (excluding diaryl/α,β-unsaturated/α-hetero) is 1. The van der Waals surface area contributed by atoms with Gasteiger partial charge in [0, 0.05) is 23.7 Å². The molecule has 0 atom stereocenters. The van der Waals surface area contributed by atoms with Gasteiger partial charge in [-0.15, -0.1) is 0 Å². The van der Waals surface area contributed by atoms with Gasteiger partial charge in [0.05, 0.1) is 5.52 Å². The van der Waals surface area contributed by atoms with Crippen molar-refractivity contribution < 1.29 is 9.18 Å². The molecule has 2 nitrogen and oxygen atoms in total. The van der Waals surface area contributed by atoms with E-state index in [-0.39, 0.29) is 11.6 Å². The summed E-state index contributed by atoms with van der Waals surface area (Å²) in [6.45, 7) is 2.05. The van der Waals surface area contributed by atoms with Crippen LogP contribution in [0.1, 0.15) is 22.8 Å². The Bertz CT molecular complexity index is 774. The maximum atomic E-state index is 14.1. The van der Waals surface area contributed by atoms with E-state index in [0.717, 1.165) is 5.56 Å². The summed E-state index contributed by atoms with van der Waals surface area (Å²) >= 11 is 0. The lowest BCUT2D eigenvalue weighted by molar-refractivity contribution is 0.101. The van der Waals surface area contributed by atoms with E-state index in [1.165, 1.54) is 13.0 Å². The van der Waals surface area contributed by atoms with Crippen molar-refractivity contribution in [3.63, 3.8) is 0 Å². The normalized spacial score (nSPS) is 10.9. The Morgan fingerprint density at radius 2 is 1.85 bits per heavy atom. The van der Waals surface area contributed by atoms with Crippen LogP contribution in [0.3, 0.4) is 0 Å². The van der Waals surface area contributed by atoms with Crippen molar-refractivity contribution in [2.24, 2.45) is 0 Å². The van der Waals surface area contributed by atoms with E-state index in [1.54, 1.807) is 22.9 Å². The second-order valence-corrected chi connectivity index (χ2v) is 4.85. The van der Waals surface area contributed by atoms with Crippen molar-refractivity contribution in [3.05, 3.63) is 71.7 Å². The van der Waals surface area contributed by atoms with Crippen LogP contribution in [-0.4, -0.2) is 10.4 Å². The molecule has 0 aliphatic carbocycles. The van der Waals surface area contributed by atoms with Gasteiger partial charge in [-0.2, -0.15) is 0 Å². The lowest BCUT2D eigenvalue weighted by Gasteiger charge is -2.06. The zero-order valence-electron chi connectivity index (χ0n) is 11.1. The molecule has 3 aromatic rings. The molecule has 0 spiro atoms. The molecule has 0 unspecified atom stereocenters. The maximum absolute atomic E-state index is 14.1. The van der Waals surface area contributed by atoms with Crippen LogP contribution in [0.25, 0.3) is 10.9 Å². The lowest BCUT2D eigenvalue weighted by atomic mass is 10.1. The highest BCUT2D eigenvalue weighted by molar-refractivity contribution is 6.07. The average molecular weight is 267 g/mol. The molecule has 2 aromatic carbocycles. The van der Waals surface area contributed by atoms with E-state index in [4.69, 9.17) is 0 Å². The number of carbonyl (C=O) groups is 1. The molecule has 3 rings (SSSR count). The molecule has 1 heterocycles. The van der Waals surface area contributed by atoms with Crippen LogP contribution >= 0.6 is 0 Å². The summed E-state index contributed by atoms with van der Waals surface area (Å²) < 4.78 is 15.9. The molecule has 1 aromatic heterocycles. The third-order valence-electron chi connectivity index (χ3n) is 3.42. The summed E-state index contributed by atoms with van der Waals surface area (Å²) in [5, 5.41) is 0.674. The summed E-state index contributed by atoms with van der Waals surface area (Å²) in [7, 11) is 0. The number of nitrogens with zero attached hydrogens (tertiary/aromatic N) is 1. The topological polar surface area (TPSA) is 22.0 Å². The van der Waals surface area contributed by atoms with Crippen molar-refractivity contribution in [1.82, 2.24) is 4.57 Å². The molecule has 0 N–H and O–H groups in total. The van der Waals surface area contributed by atoms with Gasteiger partial charge in [-0.3, -0.25) is 4.79 Å². The average Bonchev–Trinajstić information content (AvgIpc) is 2.80. The van der Waals surface area contributed by atoms with Gasteiger partial charge in [0.2, 0.25) is 0 Å². The monoisotopic (exact) mass is 267 g/mol. The zero-order chi connectivity index (χ0) is 14.1. The van der Waals surface area contributed by atoms with E-state index in [9.17, 15) is 9.18 Å². The van der Waals surface area contributed by atoms with Crippen LogP contribution in [0.5, 0.6) is 0 Å². The maximum Gasteiger partial charge on any atom is 0.161 e. The number of aromatic nitrogens is 1. The molecular weight excluding hydrogens is 253 g/mol. The molecule has 0 aliphatic heterocycles. The standard InChI is InChI=1S/C17H14FNO/c1-12(20)15-11-19(10-13-6-3-2-4-7-13)17-14(15)8-5-9-16(17)18/h2-9,11H,10H2,1H3. The SMILES string of the molecule is CC(=O)c1cn(Cc2ccccc2)c2c(F)cccc12. The number of ketones is 1. The molecule has 100 valence electrons. The third kappa shape index (κ3) is 2.11. The van der Waals surface area contributed by atoms with Crippen molar-refractivity contribution in [2.75, 3.05) is 0 Å². The Hall–Kier alpha value is -2.42. The molecule has 0 saturated heterocycles. The summed E-state index contributed by atoms with van der Waals surface area (Å²) in [5.74, 6) is -0.349.